The Hall–Kier alpha value is -1.93. The first kappa shape index (κ1) is 21.1. The van der Waals surface area contributed by atoms with E-state index in [1.807, 2.05) is 0 Å². The van der Waals surface area contributed by atoms with Gasteiger partial charge in [0.15, 0.2) is 17.4 Å². The maximum atomic E-state index is 13.5. The molecule has 0 fully saturated rings. The summed E-state index contributed by atoms with van der Waals surface area (Å²) in [5, 5.41) is 4.62. The summed E-state index contributed by atoms with van der Waals surface area (Å²) >= 11 is 0. The number of rotatable bonds is 6. The quantitative estimate of drug-likeness (QED) is 0.722. The molecule has 0 unspecified atom stereocenters. The predicted octanol–water partition coefficient (Wildman–Crippen LogP) is 1.43. The highest BCUT2D eigenvalue weighted by Gasteiger charge is 2.18. The molecule has 130 valence electrons. The van der Waals surface area contributed by atoms with Gasteiger partial charge in [-0.05, 0) is 5.92 Å². The summed E-state index contributed by atoms with van der Waals surface area (Å²) < 4.78 is 31.5. The molecule has 4 N–H and O–H groups in total. The summed E-state index contributed by atoms with van der Waals surface area (Å²) in [7, 11) is 1.13. The van der Waals surface area contributed by atoms with E-state index in [1.54, 1.807) is 13.8 Å². The summed E-state index contributed by atoms with van der Waals surface area (Å²) in [4.78, 5) is 23.2. The van der Waals surface area contributed by atoms with Gasteiger partial charge in [0.25, 0.3) is 0 Å². The number of nitrogens with two attached hydrogens (primary N) is 1. The first-order valence-corrected chi connectivity index (χ1v) is 6.62. The molecular formula is C14H20ClF2N3O3. The van der Waals surface area contributed by atoms with Crippen molar-refractivity contribution < 1.29 is 23.1 Å². The molecule has 1 aromatic carbocycles. The van der Waals surface area contributed by atoms with Gasteiger partial charge in [0.05, 0.1) is 19.7 Å². The standard InChI is InChI=1S/C14H19F2N3O3.ClH/c1-7(2)12(17)14(21)18-6-11(20)19-8-4-9(15)13(22-3)10(16)5-8;/h4-5,7,12H,6,17H2,1-3H3,(H,18,21)(H,19,20);1H/t12-;/m0./s1. The van der Waals surface area contributed by atoms with Crippen molar-refractivity contribution in [2.45, 2.75) is 19.9 Å². The van der Waals surface area contributed by atoms with Gasteiger partial charge in [0.2, 0.25) is 11.8 Å². The van der Waals surface area contributed by atoms with Crippen molar-refractivity contribution in [3.8, 4) is 5.75 Å². The normalized spacial score (nSPS) is 11.4. The Morgan fingerprint density at radius 2 is 1.78 bits per heavy atom. The van der Waals surface area contributed by atoms with E-state index < -0.39 is 35.2 Å². The van der Waals surface area contributed by atoms with Crippen LogP contribution in [0.15, 0.2) is 12.1 Å². The second-order valence-corrected chi connectivity index (χ2v) is 5.01. The lowest BCUT2D eigenvalue weighted by Crippen LogP contribution is -2.46. The molecule has 0 aliphatic heterocycles. The number of carbonyl (C=O) groups excluding carboxylic acids is 2. The topological polar surface area (TPSA) is 93.5 Å². The minimum absolute atomic E-state index is 0. The number of carbonyl (C=O) groups is 2. The molecule has 2 amide bonds. The Labute approximate surface area is 139 Å². The van der Waals surface area contributed by atoms with Crippen LogP contribution in [-0.4, -0.2) is 31.5 Å². The summed E-state index contributed by atoms with van der Waals surface area (Å²) in [6.45, 7) is 3.19. The zero-order chi connectivity index (χ0) is 16.9. The fourth-order valence-electron chi connectivity index (χ4n) is 1.62. The third-order valence-electron chi connectivity index (χ3n) is 2.93. The van der Waals surface area contributed by atoms with Gasteiger partial charge in [0.1, 0.15) is 0 Å². The Kier molecular flexibility index (Phi) is 8.49. The van der Waals surface area contributed by atoms with Crippen molar-refractivity contribution in [1.29, 1.82) is 0 Å². The molecule has 0 spiro atoms. The fourth-order valence-corrected chi connectivity index (χ4v) is 1.62. The summed E-state index contributed by atoms with van der Waals surface area (Å²) in [6.07, 6.45) is 0. The van der Waals surface area contributed by atoms with Crippen LogP contribution in [0.3, 0.4) is 0 Å². The molecule has 0 aliphatic rings. The molecule has 1 aromatic rings. The first-order chi connectivity index (χ1) is 10.3. The van der Waals surface area contributed by atoms with E-state index in [-0.39, 0.29) is 30.6 Å². The second-order valence-electron chi connectivity index (χ2n) is 5.01. The average molecular weight is 352 g/mol. The van der Waals surface area contributed by atoms with Gasteiger partial charge < -0.3 is 21.1 Å². The maximum absolute atomic E-state index is 13.5. The van der Waals surface area contributed by atoms with E-state index in [2.05, 4.69) is 15.4 Å². The van der Waals surface area contributed by atoms with Gasteiger partial charge in [-0.1, -0.05) is 13.8 Å². The minimum atomic E-state index is -0.941. The lowest BCUT2D eigenvalue weighted by atomic mass is 10.1. The first-order valence-electron chi connectivity index (χ1n) is 6.62. The number of hydrogen-bond donors (Lipinski definition) is 3. The van der Waals surface area contributed by atoms with Gasteiger partial charge >= 0.3 is 0 Å². The fraction of sp³-hybridized carbons (Fsp3) is 0.429. The largest absolute Gasteiger partial charge is 0.491 e. The van der Waals surface area contributed by atoms with Gasteiger partial charge in [-0.25, -0.2) is 8.78 Å². The predicted molar refractivity (Wildman–Crippen MR) is 84.6 cm³/mol. The molecule has 0 radical (unpaired) electrons. The molecule has 9 heteroatoms. The molecule has 1 rings (SSSR count). The smallest absolute Gasteiger partial charge is 0.243 e. The zero-order valence-corrected chi connectivity index (χ0v) is 13.8. The number of anilines is 1. The van der Waals surface area contributed by atoms with Crippen molar-refractivity contribution >= 4 is 29.9 Å². The van der Waals surface area contributed by atoms with Gasteiger partial charge in [-0.15, -0.1) is 12.4 Å². The van der Waals surface area contributed by atoms with E-state index in [0.29, 0.717) is 0 Å². The molecule has 0 aromatic heterocycles. The average Bonchev–Trinajstić information content (AvgIpc) is 2.43. The number of nitrogens with one attached hydrogen (secondary N) is 2. The number of amides is 2. The van der Waals surface area contributed by atoms with Crippen LogP contribution in [0.2, 0.25) is 0 Å². The summed E-state index contributed by atoms with van der Waals surface area (Å²) in [6, 6.07) is 1.10. The summed E-state index contributed by atoms with van der Waals surface area (Å²) in [5.74, 6) is -3.60. The van der Waals surface area contributed by atoms with E-state index >= 15 is 0 Å². The molecule has 0 bridgehead atoms. The minimum Gasteiger partial charge on any atom is -0.491 e. The molecule has 0 saturated heterocycles. The van der Waals surface area contributed by atoms with Gasteiger partial charge in [-0.3, -0.25) is 9.59 Å². The highest BCUT2D eigenvalue weighted by Crippen LogP contribution is 2.25. The number of methoxy groups -OCH3 is 1. The number of hydrogen-bond acceptors (Lipinski definition) is 4. The lowest BCUT2D eigenvalue weighted by molar-refractivity contribution is -0.125. The molecule has 23 heavy (non-hydrogen) atoms. The summed E-state index contributed by atoms with van der Waals surface area (Å²) in [5.41, 5.74) is 5.53. The van der Waals surface area contributed by atoms with E-state index in [0.717, 1.165) is 19.2 Å². The van der Waals surface area contributed by atoms with Crippen LogP contribution in [0.5, 0.6) is 5.75 Å². The molecule has 1 atom stereocenters. The molecule has 0 aliphatic carbocycles. The lowest BCUT2D eigenvalue weighted by Gasteiger charge is -2.15. The van der Waals surface area contributed by atoms with Crippen molar-refractivity contribution in [2.75, 3.05) is 19.0 Å². The van der Waals surface area contributed by atoms with Crippen molar-refractivity contribution in [1.82, 2.24) is 5.32 Å². The molecule has 0 heterocycles. The second kappa shape index (κ2) is 9.26. The third-order valence-corrected chi connectivity index (χ3v) is 2.93. The Morgan fingerprint density at radius 3 is 2.22 bits per heavy atom. The molecule has 6 nitrogen and oxygen atoms in total. The third kappa shape index (κ3) is 5.99. The number of halogens is 3. The number of ether oxygens (including phenoxy) is 1. The van der Waals surface area contributed by atoms with Crippen LogP contribution in [0.4, 0.5) is 14.5 Å². The Bertz CT molecular complexity index is 547. The Morgan fingerprint density at radius 1 is 1.26 bits per heavy atom. The highest BCUT2D eigenvalue weighted by atomic mass is 35.5. The van der Waals surface area contributed by atoms with E-state index in [4.69, 9.17) is 5.73 Å². The van der Waals surface area contributed by atoms with Crippen LogP contribution >= 0.6 is 12.4 Å². The van der Waals surface area contributed by atoms with Crippen molar-refractivity contribution in [3.63, 3.8) is 0 Å². The van der Waals surface area contributed by atoms with Crippen LogP contribution in [0.25, 0.3) is 0 Å². The van der Waals surface area contributed by atoms with Crippen LogP contribution in [-0.2, 0) is 9.59 Å². The molecular weight excluding hydrogens is 332 g/mol. The molecule has 0 saturated carbocycles. The zero-order valence-electron chi connectivity index (χ0n) is 13.0. The SMILES string of the molecule is COc1c(F)cc(NC(=O)CNC(=O)[C@@H](N)C(C)C)cc1F.Cl. The van der Waals surface area contributed by atoms with Crippen LogP contribution in [0, 0.1) is 17.6 Å². The highest BCUT2D eigenvalue weighted by molar-refractivity contribution is 5.95. The van der Waals surface area contributed by atoms with Gasteiger partial charge in [-0.2, -0.15) is 0 Å². The monoisotopic (exact) mass is 351 g/mol. The number of benzene rings is 1. The van der Waals surface area contributed by atoms with E-state index in [1.165, 1.54) is 0 Å². The van der Waals surface area contributed by atoms with Crippen LogP contribution in [0.1, 0.15) is 13.8 Å². The maximum Gasteiger partial charge on any atom is 0.243 e. The van der Waals surface area contributed by atoms with Crippen LogP contribution < -0.4 is 21.1 Å². The van der Waals surface area contributed by atoms with Crippen molar-refractivity contribution in [2.24, 2.45) is 11.7 Å². The van der Waals surface area contributed by atoms with Crippen molar-refractivity contribution in [3.05, 3.63) is 23.8 Å². The Balaban J connectivity index is 0.00000484. The van der Waals surface area contributed by atoms with Gasteiger partial charge in [0, 0.05) is 17.8 Å². The van der Waals surface area contributed by atoms with E-state index in [9.17, 15) is 18.4 Å².